The van der Waals surface area contributed by atoms with Crippen molar-refractivity contribution in [2.75, 3.05) is 0 Å². The second kappa shape index (κ2) is 12.1. The average Bonchev–Trinajstić information content (AvgIpc) is 3.11. The first-order chi connectivity index (χ1) is 13.8. The normalized spacial score (nSPS) is 26.0. The van der Waals surface area contributed by atoms with E-state index in [-0.39, 0.29) is 17.7 Å². The summed E-state index contributed by atoms with van der Waals surface area (Å²) in [6.45, 7) is 0. The first kappa shape index (κ1) is 24.4. The molecule has 29 heavy (non-hydrogen) atoms. The summed E-state index contributed by atoms with van der Waals surface area (Å²) in [7, 11) is 0. The standard InChI is InChI=1S/C21H29Cl2NO4S/c22-17-11-14(29-21(17)23)9-7-13(25)8-10-16-15(18(26)12-19(16)27)5-3-1-2-4-6-20(24)28/h1,3,8,10-11,13,15-16,18-19,25-27H,2,4-7,9,12H2,(H2,24,28)/t13?,15-,16-,18?,19?/m1/s1. The number of aliphatic hydroxyl groups is 3. The molecule has 3 unspecified atom stereocenters. The molecule has 0 saturated heterocycles. The van der Waals surface area contributed by atoms with Gasteiger partial charge in [0.2, 0.25) is 5.91 Å². The second-order valence-corrected chi connectivity index (χ2v) is 9.65. The van der Waals surface area contributed by atoms with Gasteiger partial charge in [0.05, 0.1) is 23.3 Å². The lowest BCUT2D eigenvalue weighted by Gasteiger charge is -2.19. The van der Waals surface area contributed by atoms with Gasteiger partial charge in [-0.05, 0) is 44.1 Å². The summed E-state index contributed by atoms with van der Waals surface area (Å²) in [4.78, 5) is 11.7. The van der Waals surface area contributed by atoms with Crippen LogP contribution in [0.1, 0.15) is 43.4 Å². The number of rotatable bonds is 11. The molecule has 0 bridgehead atoms. The van der Waals surface area contributed by atoms with Gasteiger partial charge in [-0.2, -0.15) is 0 Å². The van der Waals surface area contributed by atoms with Gasteiger partial charge in [-0.25, -0.2) is 0 Å². The molecule has 0 spiro atoms. The number of unbranched alkanes of at least 4 members (excludes halogenated alkanes) is 1. The minimum atomic E-state index is -0.649. The van der Waals surface area contributed by atoms with Crippen LogP contribution in [0.4, 0.5) is 0 Å². The van der Waals surface area contributed by atoms with Gasteiger partial charge >= 0.3 is 0 Å². The van der Waals surface area contributed by atoms with Crippen molar-refractivity contribution in [1.29, 1.82) is 0 Å². The first-order valence-corrected chi connectivity index (χ1v) is 11.4. The lowest BCUT2D eigenvalue weighted by atomic mass is 9.89. The molecule has 2 rings (SSSR count). The highest BCUT2D eigenvalue weighted by atomic mass is 35.5. The predicted molar refractivity (Wildman–Crippen MR) is 118 cm³/mol. The Morgan fingerprint density at radius 2 is 2.07 bits per heavy atom. The van der Waals surface area contributed by atoms with Crippen LogP contribution in [-0.2, 0) is 11.2 Å². The molecular weight excluding hydrogens is 433 g/mol. The average molecular weight is 462 g/mol. The van der Waals surface area contributed by atoms with Crippen LogP contribution < -0.4 is 5.73 Å². The summed E-state index contributed by atoms with van der Waals surface area (Å²) < 4.78 is 0.556. The first-order valence-electron chi connectivity index (χ1n) is 9.87. The van der Waals surface area contributed by atoms with Crippen molar-refractivity contribution in [3.05, 3.63) is 44.6 Å². The molecule has 8 heteroatoms. The summed E-state index contributed by atoms with van der Waals surface area (Å²) in [5, 5.41) is 31.4. The minimum Gasteiger partial charge on any atom is -0.393 e. The monoisotopic (exact) mass is 461 g/mol. The maximum Gasteiger partial charge on any atom is 0.217 e. The van der Waals surface area contributed by atoms with Gasteiger partial charge < -0.3 is 21.1 Å². The van der Waals surface area contributed by atoms with Crippen LogP contribution in [-0.4, -0.2) is 39.5 Å². The van der Waals surface area contributed by atoms with E-state index in [9.17, 15) is 20.1 Å². The van der Waals surface area contributed by atoms with Crippen LogP contribution in [0.15, 0.2) is 30.4 Å². The van der Waals surface area contributed by atoms with E-state index in [2.05, 4.69) is 0 Å². The third-order valence-electron chi connectivity index (χ3n) is 5.22. The molecule has 1 heterocycles. The highest BCUT2D eigenvalue weighted by Crippen LogP contribution is 2.36. The molecule has 1 aromatic heterocycles. The van der Waals surface area contributed by atoms with E-state index >= 15 is 0 Å². The number of carbonyl (C=O) groups excluding carboxylic acids is 1. The van der Waals surface area contributed by atoms with Crippen molar-refractivity contribution < 1.29 is 20.1 Å². The van der Waals surface area contributed by atoms with E-state index in [0.29, 0.717) is 47.9 Å². The molecule has 0 radical (unpaired) electrons. The maximum absolute atomic E-state index is 10.7. The Labute approximate surface area is 185 Å². The molecule has 1 fully saturated rings. The van der Waals surface area contributed by atoms with E-state index in [1.165, 1.54) is 11.3 Å². The smallest absolute Gasteiger partial charge is 0.217 e. The van der Waals surface area contributed by atoms with E-state index < -0.39 is 18.3 Å². The zero-order valence-electron chi connectivity index (χ0n) is 16.2. The Kier molecular flexibility index (Phi) is 10.2. The van der Waals surface area contributed by atoms with Crippen molar-refractivity contribution in [1.82, 2.24) is 0 Å². The number of aryl methyl sites for hydroxylation is 1. The van der Waals surface area contributed by atoms with Crippen molar-refractivity contribution in [2.24, 2.45) is 17.6 Å². The molecule has 1 aliphatic carbocycles. The Morgan fingerprint density at radius 1 is 1.31 bits per heavy atom. The van der Waals surface area contributed by atoms with Gasteiger partial charge in [0, 0.05) is 23.6 Å². The number of nitrogens with two attached hydrogens (primary N) is 1. The van der Waals surface area contributed by atoms with Crippen molar-refractivity contribution in [2.45, 2.75) is 63.3 Å². The summed E-state index contributed by atoms with van der Waals surface area (Å²) in [5.74, 6) is -0.613. The molecule has 1 aromatic rings. The fourth-order valence-electron chi connectivity index (χ4n) is 3.63. The Morgan fingerprint density at radius 3 is 2.72 bits per heavy atom. The molecule has 1 saturated carbocycles. The van der Waals surface area contributed by atoms with Gasteiger partial charge in [-0.1, -0.05) is 47.5 Å². The number of thiophene rings is 1. The van der Waals surface area contributed by atoms with E-state index in [4.69, 9.17) is 28.9 Å². The molecule has 1 amide bonds. The fraction of sp³-hybridized carbons (Fsp3) is 0.571. The summed E-state index contributed by atoms with van der Waals surface area (Å²) in [5.41, 5.74) is 5.12. The third-order valence-corrected chi connectivity index (χ3v) is 7.15. The third kappa shape index (κ3) is 8.04. The van der Waals surface area contributed by atoms with Gasteiger partial charge in [0.1, 0.15) is 4.34 Å². The van der Waals surface area contributed by atoms with Crippen LogP contribution in [0.2, 0.25) is 9.36 Å². The van der Waals surface area contributed by atoms with Gasteiger partial charge in [-0.15, -0.1) is 11.3 Å². The number of hydrogen-bond acceptors (Lipinski definition) is 5. The Balaban J connectivity index is 1.83. The topological polar surface area (TPSA) is 104 Å². The highest BCUT2D eigenvalue weighted by molar-refractivity contribution is 7.16. The number of amides is 1. The quantitative estimate of drug-likeness (QED) is 0.296. The number of primary amides is 1. The van der Waals surface area contributed by atoms with Crippen LogP contribution in [0.5, 0.6) is 0 Å². The number of halogens is 2. The summed E-state index contributed by atoms with van der Waals surface area (Å²) in [6.07, 6.45) is 9.60. The zero-order valence-corrected chi connectivity index (χ0v) is 18.5. The van der Waals surface area contributed by atoms with Crippen LogP contribution >= 0.6 is 34.5 Å². The molecule has 5 nitrogen and oxygen atoms in total. The molecule has 1 aliphatic rings. The lowest BCUT2D eigenvalue weighted by molar-refractivity contribution is -0.118. The molecule has 5 N–H and O–H groups in total. The predicted octanol–water partition coefficient (Wildman–Crippen LogP) is 3.86. The van der Waals surface area contributed by atoms with Crippen molar-refractivity contribution in [3.8, 4) is 0 Å². The molecule has 5 atom stereocenters. The SMILES string of the molecule is NC(=O)CCCC=CC[C@H]1C(O)CC(O)[C@@H]1C=CC(O)CCc1cc(Cl)c(Cl)s1. The van der Waals surface area contributed by atoms with Gasteiger partial charge in [0.25, 0.3) is 0 Å². The van der Waals surface area contributed by atoms with Crippen LogP contribution in [0.25, 0.3) is 0 Å². The molecule has 162 valence electrons. The summed E-state index contributed by atoms with van der Waals surface area (Å²) >= 11 is 13.3. The molecular formula is C21H29Cl2NO4S. The van der Waals surface area contributed by atoms with E-state index in [1.54, 1.807) is 6.08 Å². The Bertz CT molecular complexity index is 702. The Hall–Kier alpha value is -0.890. The molecule has 0 aromatic carbocycles. The van der Waals surface area contributed by atoms with Crippen molar-refractivity contribution in [3.63, 3.8) is 0 Å². The maximum atomic E-state index is 10.7. The van der Waals surface area contributed by atoms with E-state index in [0.717, 1.165) is 11.3 Å². The number of aliphatic hydroxyl groups excluding tert-OH is 3. The number of carbonyl (C=O) groups is 1. The van der Waals surface area contributed by atoms with Crippen molar-refractivity contribution >= 4 is 40.4 Å². The largest absolute Gasteiger partial charge is 0.393 e. The highest BCUT2D eigenvalue weighted by Gasteiger charge is 2.39. The van der Waals surface area contributed by atoms with Crippen LogP contribution in [0, 0.1) is 11.8 Å². The van der Waals surface area contributed by atoms with Gasteiger partial charge in [-0.3, -0.25) is 4.79 Å². The number of hydrogen-bond donors (Lipinski definition) is 4. The van der Waals surface area contributed by atoms with Crippen LogP contribution in [0.3, 0.4) is 0 Å². The summed E-state index contributed by atoms with van der Waals surface area (Å²) in [6, 6.07) is 1.81. The minimum absolute atomic E-state index is 0.101. The lowest BCUT2D eigenvalue weighted by Crippen LogP contribution is -2.20. The molecule has 0 aliphatic heterocycles. The number of allylic oxidation sites excluding steroid dienone is 2. The van der Waals surface area contributed by atoms with Gasteiger partial charge in [0.15, 0.2) is 0 Å². The second-order valence-electron chi connectivity index (χ2n) is 7.50. The van der Waals surface area contributed by atoms with E-state index in [1.807, 2.05) is 24.3 Å². The zero-order chi connectivity index (χ0) is 21.4. The fourth-order valence-corrected chi connectivity index (χ4v) is 5.08.